The second kappa shape index (κ2) is 6.89. The third-order valence-corrected chi connectivity index (χ3v) is 4.10. The van der Waals surface area contributed by atoms with Crippen LogP contribution in [0.3, 0.4) is 0 Å². The monoisotopic (exact) mass is 340 g/mol. The summed E-state index contributed by atoms with van der Waals surface area (Å²) < 4.78 is 5.42. The third-order valence-electron chi connectivity index (χ3n) is 3.85. The molecule has 3 rings (SSSR count). The second-order valence-corrected chi connectivity index (χ2v) is 6.03. The summed E-state index contributed by atoms with van der Waals surface area (Å²) in [7, 11) is 0. The molecule has 0 aliphatic rings. The fourth-order valence-electron chi connectivity index (χ4n) is 2.52. The molecule has 0 spiro atoms. The highest BCUT2D eigenvalue weighted by Gasteiger charge is 2.22. The van der Waals surface area contributed by atoms with E-state index in [1.165, 1.54) is 0 Å². The molecule has 4 nitrogen and oxygen atoms in total. The van der Waals surface area contributed by atoms with Crippen molar-refractivity contribution >= 4 is 17.5 Å². The van der Waals surface area contributed by atoms with E-state index in [2.05, 4.69) is 10.5 Å². The maximum atomic E-state index is 12.6. The van der Waals surface area contributed by atoms with Gasteiger partial charge in [0, 0.05) is 17.1 Å². The molecule has 24 heavy (non-hydrogen) atoms. The Balaban J connectivity index is 1.84. The van der Waals surface area contributed by atoms with Crippen LogP contribution < -0.4 is 5.32 Å². The van der Waals surface area contributed by atoms with Crippen LogP contribution in [-0.2, 0) is 6.54 Å². The van der Waals surface area contributed by atoms with Crippen molar-refractivity contribution in [2.24, 2.45) is 0 Å². The number of aryl methyl sites for hydroxylation is 2. The molecule has 5 heteroatoms. The van der Waals surface area contributed by atoms with Gasteiger partial charge in [-0.25, -0.2) is 0 Å². The van der Waals surface area contributed by atoms with E-state index in [1.807, 2.05) is 43.3 Å². The minimum absolute atomic E-state index is 0.207. The molecule has 0 bridgehead atoms. The first-order chi connectivity index (χ1) is 11.6. The molecule has 1 N–H and O–H groups in total. The topological polar surface area (TPSA) is 55.1 Å². The van der Waals surface area contributed by atoms with Gasteiger partial charge in [-0.05, 0) is 37.1 Å². The van der Waals surface area contributed by atoms with E-state index in [4.69, 9.17) is 16.1 Å². The van der Waals surface area contributed by atoms with E-state index in [1.54, 1.807) is 19.1 Å². The lowest BCUT2D eigenvalue weighted by molar-refractivity contribution is 0.0950. The van der Waals surface area contributed by atoms with Crippen molar-refractivity contribution < 1.29 is 9.32 Å². The van der Waals surface area contributed by atoms with Gasteiger partial charge in [0.15, 0.2) is 5.76 Å². The molecule has 0 unspecified atom stereocenters. The lowest BCUT2D eigenvalue weighted by Crippen LogP contribution is -2.23. The van der Waals surface area contributed by atoms with Gasteiger partial charge in [0.2, 0.25) is 0 Å². The summed E-state index contributed by atoms with van der Waals surface area (Å²) in [5.41, 5.74) is 3.91. The zero-order valence-electron chi connectivity index (χ0n) is 13.5. The Bertz CT molecular complexity index is 869. The Kier molecular flexibility index (Phi) is 4.67. The van der Waals surface area contributed by atoms with Crippen LogP contribution in [-0.4, -0.2) is 11.1 Å². The Hall–Kier alpha value is -2.59. The predicted molar refractivity (Wildman–Crippen MR) is 94.0 cm³/mol. The first-order valence-electron chi connectivity index (χ1n) is 7.61. The van der Waals surface area contributed by atoms with Gasteiger partial charge in [0.05, 0.1) is 5.69 Å². The smallest absolute Gasteiger partial charge is 0.257 e. The molecule has 0 saturated carbocycles. The van der Waals surface area contributed by atoms with Gasteiger partial charge in [0.25, 0.3) is 5.91 Å². The first-order valence-corrected chi connectivity index (χ1v) is 7.99. The van der Waals surface area contributed by atoms with Crippen LogP contribution in [0.5, 0.6) is 0 Å². The molecule has 0 radical (unpaired) electrons. The van der Waals surface area contributed by atoms with Gasteiger partial charge in [-0.2, -0.15) is 0 Å². The Morgan fingerprint density at radius 3 is 2.54 bits per heavy atom. The van der Waals surface area contributed by atoms with Crippen molar-refractivity contribution in [3.05, 3.63) is 75.9 Å². The summed E-state index contributed by atoms with van der Waals surface area (Å²) in [6.45, 7) is 4.15. The fourth-order valence-corrected chi connectivity index (χ4v) is 2.65. The number of aromatic nitrogens is 1. The lowest BCUT2D eigenvalue weighted by atomic mass is 10.0. The maximum absolute atomic E-state index is 12.6. The van der Waals surface area contributed by atoms with Crippen LogP contribution >= 0.6 is 11.6 Å². The van der Waals surface area contributed by atoms with Gasteiger partial charge >= 0.3 is 0 Å². The predicted octanol–water partition coefficient (Wildman–Crippen LogP) is 4.54. The summed E-state index contributed by atoms with van der Waals surface area (Å²) in [6.07, 6.45) is 0. The van der Waals surface area contributed by atoms with E-state index in [-0.39, 0.29) is 5.91 Å². The minimum Gasteiger partial charge on any atom is -0.355 e. The molecule has 1 aromatic heterocycles. The number of nitrogens with one attached hydrogen (secondary N) is 1. The van der Waals surface area contributed by atoms with Crippen molar-refractivity contribution in [3.63, 3.8) is 0 Å². The summed E-state index contributed by atoms with van der Waals surface area (Å²) in [5, 5.41) is 7.55. The first kappa shape index (κ1) is 16.3. The quantitative estimate of drug-likeness (QED) is 0.758. The molecule has 3 aromatic rings. The molecule has 0 fully saturated rings. The lowest BCUT2D eigenvalue weighted by Gasteiger charge is -2.07. The van der Waals surface area contributed by atoms with E-state index >= 15 is 0 Å². The number of nitrogens with zero attached hydrogens (tertiary/aromatic N) is 1. The Morgan fingerprint density at radius 2 is 1.83 bits per heavy atom. The molecule has 0 aliphatic heterocycles. The minimum atomic E-state index is -0.207. The molecule has 122 valence electrons. The van der Waals surface area contributed by atoms with Crippen LogP contribution in [0.4, 0.5) is 0 Å². The largest absolute Gasteiger partial charge is 0.355 e. The van der Waals surface area contributed by atoms with Crippen LogP contribution in [0, 0.1) is 13.8 Å². The van der Waals surface area contributed by atoms with Crippen molar-refractivity contribution in [3.8, 4) is 11.3 Å². The van der Waals surface area contributed by atoms with Gasteiger partial charge in [-0.1, -0.05) is 53.2 Å². The van der Waals surface area contributed by atoms with Crippen molar-refractivity contribution in [2.45, 2.75) is 20.4 Å². The fraction of sp³-hybridized carbons (Fsp3) is 0.158. The Morgan fingerprint density at radius 1 is 1.12 bits per heavy atom. The molecule has 1 heterocycles. The summed E-state index contributed by atoms with van der Waals surface area (Å²) in [4.78, 5) is 12.6. The third kappa shape index (κ3) is 3.34. The van der Waals surface area contributed by atoms with Crippen LogP contribution in [0.2, 0.25) is 5.02 Å². The SMILES string of the molecule is Cc1ccccc1-c1onc(C)c1C(=O)NCc1ccc(Cl)cc1. The number of amides is 1. The van der Waals surface area contributed by atoms with Crippen molar-refractivity contribution in [1.29, 1.82) is 0 Å². The molecule has 0 atom stereocenters. The summed E-state index contributed by atoms with van der Waals surface area (Å²) >= 11 is 5.87. The molecular weight excluding hydrogens is 324 g/mol. The zero-order chi connectivity index (χ0) is 17.1. The summed E-state index contributed by atoms with van der Waals surface area (Å²) in [6, 6.07) is 15.1. The highest BCUT2D eigenvalue weighted by molar-refractivity contribution is 6.30. The normalized spacial score (nSPS) is 10.6. The Labute approximate surface area is 145 Å². The number of hydrogen-bond donors (Lipinski definition) is 1. The average molecular weight is 341 g/mol. The van der Waals surface area contributed by atoms with Crippen molar-refractivity contribution in [1.82, 2.24) is 10.5 Å². The van der Waals surface area contributed by atoms with E-state index in [0.29, 0.717) is 28.6 Å². The van der Waals surface area contributed by atoms with E-state index in [9.17, 15) is 4.79 Å². The summed E-state index contributed by atoms with van der Waals surface area (Å²) in [5.74, 6) is 0.293. The highest BCUT2D eigenvalue weighted by atomic mass is 35.5. The number of carbonyl (C=O) groups excluding carboxylic acids is 1. The van der Waals surface area contributed by atoms with Crippen LogP contribution in [0.1, 0.15) is 27.2 Å². The number of halogens is 1. The van der Waals surface area contributed by atoms with Crippen LogP contribution in [0.25, 0.3) is 11.3 Å². The zero-order valence-corrected chi connectivity index (χ0v) is 14.2. The highest BCUT2D eigenvalue weighted by Crippen LogP contribution is 2.28. The van der Waals surface area contributed by atoms with Gasteiger partial charge in [0.1, 0.15) is 5.56 Å². The van der Waals surface area contributed by atoms with Crippen molar-refractivity contribution in [2.75, 3.05) is 0 Å². The molecule has 1 amide bonds. The number of benzene rings is 2. The molecular formula is C19H17ClN2O2. The average Bonchev–Trinajstić information content (AvgIpc) is 2.96. The van der Waals surface area contributed by atoms with Gasteiger partial charge in [-0.3, -0.25) is 4.79 Å². The number of hydrogen-bond acceptors (Lipinski definition) is 3. The second-order valence-electron chi connectivity index (χ2n) is 5.60. The van der Waals surface area contributed by atoms with E-state index in [0.717, 1.165) is 16.7 Å². The van der Waals surface area contributed by atoms with E-state index < -0.39 is 0 Å². The maximum Gasteiger partial charge on any atom is 0.257 e. The number of rotatable bonds is 4. The molecule has 0 saturated heterocycles. The van der Waals surface area contributed by atoms with Gasteiger partial charge < -0.3 is 9.84 Å². The standard InChI is InChI=1S/C19H17ClN2O2/c1-12-5-3-4-6-16(12)18-17(13(2)22-24-18)19(23)21-11-14-7-9-15(20)10-8-14/h3-10H,11H2,1-2H3,(H,21,23). The molecule has 0 aliphatic carbocycles. The molecule has 2 aromatic carbocycles. The van der Waals surface area contributed by atoms with Gasteiger partial charge in [-0.15, -0.1) is 0 Å². The number of carbonyl (C=O) groups is 1. The van der Waals surface area contributed by atoms with Crippen LogP contribution in [0.15, 0.2) is 53.1 Å².